The van der Waals surface area contributed by atoms with Gasteiger partial charge in [-0.1, -0.05) is 6.92 Å². The van der Waals surface area contributed by atoms with E-state index in [1.54, 1.807) is 0 Å². The number of carbonyl (C=O) groups is 1. The van der Waals surface area contributed by atoms with Gasteiger partial charge < -0.3 is 5.32 Å². The van der Waals surface area contributed by atoms with Crippen molar-refractivity contribution >= 4 is 24.9 Å². The van der Waals surface area contributed by atoms with Gasteiger partial charge in [-0.15, -0.1) is 12.3 Å². The second kappa shape index (κ2) is 6.74. The van der Waals surface area contributed by atoms with E-state index in [-0.39, 0.29) is 5.91 Å². The largest absolute Gasteiger partial charge is 0.351 e. The number of rotatable bonds is 4. The van der Waals surface area contributed by atoms with Crippen LogP contribution < -0.4 is 5.32 Å². The molecule has 0 radical (unpaired) electrons. The lowest BCUT2D eigenvalue weighted by molar-refractivity contribution is -0.114. The third-order valence-electron chi connectivity index (χ3n) is 1.27. The minimum absolute atomic E-state index is 0.242. The number of hydrogen-bond donors (Lipinski definition) is 2. The Morgan fingerprint density at radius 2 is 2.58 bits per heavy atom. The molecule has 0 saturated heterocycles. The summed E-state index contributed by atoms with van der Waals surface area (Å²) in [7, 11) is 0. The van der Waals surface area contributed by atoms with E-state index in [1.807, 2.05) is 6.92 Å². The predicted octanol–water partition coefficient (Wildman–Crippen LogP) is 0.678. The van der Waals surface area contributed by atoms with Crippen LogP contribution in [0, 0.1) is 18.3 Å². The maximum Gasteiger partial charge on any atom is 0.263 e. The molecule has 0 aromatic carbocycles. The Labute approximate surface area is 78.2 Å². The molecule has 1 amide bonds. The average Bonchev–Trinajstić information content (AvgIpc) is 2.02. The van der Waals surface area contributed by atoms with Crippen molar-refractivity contribution in [2.45, 2.75) is 13.3 Å². The second-order valence-corrected chi connectivity index (χ2v) is 2.73. The molecule has 1 atom stereocenters. The van der Waals surface area contributed by atoms with Crippen LogP contribution in [0.25, 0.3) is 0 Å². The van der Waals surface area contributed by atoms with Gasteiger partial charge >= 0.3 is 0 Å². The van der Waals surface area contributed by atoms with Crippen molar-refractivity contribution in [3.63, 3.8) is 0 Å². The normalized spacial score (nSPS) is 12.4. The van der Waals surface area contributed by atoms with Crippen molar-refractivity contribution in [2.75, 3.05) is 6.54 Å². The number of nitrogens with zero attached hydrogens (tertiary/aromatic N) is 1. The summed E-state index contributed by atoms with van der Waals surface area (Å²) in [5.41, 5.74) is 0. The molecule has 4 heteroatoms. The third-order valence-corrected chi connectivity index (χ3v) is 1.38. The summed E-state index contributed by atoms with van der Waals surface area (Å²) in [6.07, 6.45) is 6.87. The van der Waals surface area contributed by atoms with E-state index in [0.29, 0.717) is 18.9 Å². The molecule has 0 bridgehead atoms. The molecule has 66 valence electrons. The van der Waals surface area contributed by atoms with E-state index >= 15 is 0 Å². The van der Waals surface area contributed by atoms with Crippen LogP contribution in [0.5, 0.6) is 0 Å². The first-order chi connectivity index (χ1) is 5.70. The van der Waals surface area contributed by atoms with Crippen molar-refractivity contribution in [3.8, 4) is 12.3 Å². The van der Waals surface area contributed by atoms with Gasteiger partial charge in [-0.05, 0) is 18.7 Å². The molecule has 0 aromatic rings. The highest BCUT2D eigenvalue weighted by atomic mass is 32.1. The standard InChI is InChI=1S/C8H12N2OS/c1-3-4-7(2)5-9-8(11)6-10-12/h1,6-7,12H,4-5H2,2H3,(H,9,11)/b10-6+. The van der Waals surface area contributed by atoms with Crippen LogP contribution in [-0.4, -0.2) is 18.7 Å². The van der Waals surface area contributed by atoms with Crippen LogP contribution >= 0.6 is 12.8 Å². The molecule has 0 aromatic heterocycles. The molecular weight excluding hydrogens is 172 g/mol. The van der Waals surface area contributed by atoms with E-state index in [4.69, 9.17) is 6.42 Å². The van der Waals surface area contributed by atoms with Crippen molar-refractivity contribution < 1.29 is 4.79 Å². The lowest BCUT2D eigenvalue weighted by Gasteiger charge is -2.06. The monoisotopic (exact) mass is 184 g/mol. The highest BCUT2D eigenvalue weighted by Crippen LogP contribution is 1.96. The van der Waals surface area contributed by atoms with Gasteiger partial charge in [0.15, 0.2) is 0 Å². The van der Waals surface area contributed by atoms with Gasteiger partial charge in [0.25, 0.3) is 5.91 Å². The fraction of sp³-hybridized carbons (Fsp3) is 0.500. The van der Waals surface area contributed by atoms with Crippen molar-refractivity contribution in [3.05, 3.63) is 0 Å². The molecule has 0 aliphatic carbocycles. The molecule has 1 unspecified atom stereocenters. The van der Waals surface area contributed by atoms with Crippen LogP contribution in [0.15, 0.2) is 4.40 Å². The van der Waals surface area contributed by atoms with Gasteiger partial charge in [-0.2, -0.15) is 0 Å². The van der Waals surface area contributed by atoms with Gasteiger partial charge in [0, 0.05) is 13.0 Å². The SMILES string of the molecule is C#CCC(C)CNC(=O)/C=N/S. The summed E-state index contributed by atoms with van der Waals surface area (Å²) in [5, 5.41) is 2.64. The van der Waals surface area contributed by atoms with Crippen molar-refractivity contribution in [2.24, 2.45) is 10.3 Å². The number of nitrogens with one attached hydrogen (secondary N) is 1. The minimum atomic E-state index is -0.242. The first kappa shape index (κ1) is 11.1. The quantitative estimate of drug-likeness (QED) is 0.376. The Balaban J connectivity index is 3.55. The summed E-state index contributed by atoms with van der Waals surface area (Å²) < 4.78 is 3.28. The van der Waals surface area contributed by atoms with E-state index in [0.717, 1.165) is 6.21 Å². The van der Waals surface area contributed by atoms with Gasteiger partial charge in [0.1, 0.15) is 0 Å². The van der Waals surface area contributed by atoms with Gasteiger partial charge in [-0.25, -0.2) is 4.40 Å². The van der Waals surface area contributed by atoms with E-state index in [2.05, 4.69) is 28.4 Å². The summed E-state index contributed by atoms with van der Waals surface area (Å²) in [5.74, 6) is 2.58. The van der Waals surface area contributed by atoms with Gasteiger partial charge in [-0.3, -0.25) is 4.79 Å². The van der Waals surface area contributed by atoms with Gasteiger partial charge in [0.2, 0.25) is 0 Å². The van der Waals surface area contributed by atoms with Crippen LogP contribution in [0.2, 0.25) is 0 Å². The zero-order valence-corrected chi connectivity index (χ0v) is 7.84. The maximum atomic E-state index is 10.8. The molecule has 0 rings (SSSR count). The fourth-order valence-corrected chi connectivity index (χ4v) is 0.751. The Bertz CT molecular complexity index is 208. The Hall–Kier alpha value is -0.950. The lowest BCUT2D eigenvalue weighted by atomic mass is 10.1. The second-order valence-electron chi connectivity index (χ2n) is 2.50. The third kappa shape index (κ3) is 5.81. The van der Waals surface area contributed by atoms with E-state index in [1.165, 1.54) is 0 Å². The molecule has 0 fully saturated rings. The molecule has 0 saturated carbocycles. The van der Waals surface area contributed by atoms with Crippen LogP contribution in [0.3, 0.4) is 0 Å². The van der Waals surface area contributed by atoms with Crippen molar-refractivity contribution in [1.82, 2.24) is 5.32 Å². The zero-order valence-electron chi connectivity index (χ0n) is 6.95. The summed E-state index contributed by atoms with van der Waals surface area (Å²) in [4.78, 5) is 10.8. The van der Waals surface area contributed by atoms with E-state index in [9.17, 15) is 4.79 Å². The highest BCUT2D eigenvalue weighted by Gasteiger charge is 2.01. The van der Waals surface area contributed by atoms with Gasteiger partial charge in [0.05, 0.1) is 6.21 Å². The minimum Gasteiger partial charge on any atom is -0.351 e. The molecule has 0 heterocycles. The van der Waals surface area contributed by atoms with Crippen molar-refractivity contribution in [1.29, 1.82) is 0 Å². The molecule has 0 spiro atoms. The molecule has 3 nitrogen and oxygen atoms in total. The number of thiol groups is 1. The lowest BCUT2D eigenvalue weighted by Crippen LogP contribution is -2.28. The predicted molar refractivity (Wildman–Crippen MR) is 53.1 cm³/mol. The van der Waals surface area contributed by atoms with Crippen LogP contribution in [-0.2, 0) is 4.79 Å². The number of carbonyl (C=O) groups excluding carboxylic acids is 1. The maximum absolute atomic E-state index is 10.8. The fourth-order valence-electron chi connectivity index (χ4n) is 0.646. The summed E-state index contributed by atoms with van der Waals surface area (Å²) >= 11 is 3.52. The molecule has 0 aliphatic rings. The summed E-state index contributed by atoms with van der Waals surface area (Å²) in [6.45, 7) is 2.54. The number of terminal acetylenes is 1. The first-order valence-electron chi connectivity index (χ1n) is 3.59. The number of amides is 1. The van der Waals surface area contributed by atoms with E-state index < -0.39 is 0 Å². The Morgan fingerprint density at radius 1 is 1.92 bits per heavy atom. The van der Waals surface area contributed by atoms with Crippen LogP contribution in [0.4, 0.5) is 0 Å². The highest BCUT2D eigenvalue weighted by molar-refractivity contribution is 7.79. The topological polar surface area (TPSA) is 41.5 Å². The molecule has 12 heavy (non-hydrogen) atoms. The smallest absolute Gasteiger partial charge is 0.263 e. The zero-order chi connectivity index (χ0) is 9.40. The molecule has 1 N–H and O–H groups in total. The summed E-state index contributed by atoms with van der Waals surface area (Å²) in [6, 6.07) is 0. The Morgan fingerprint density at radius 3 is 3.08 bits per heavy atom. The molecule has 0 aliphatic heterocycles. The molecular formula is C8H12N2OS. The van der Waals surface area contributed by atoms with Crippen LogP contribution in [0.1, 0.15) is 13.3 Å². The first-order valence-corrected chi connectivity index (χ1v) is 3.99. The Kier molecular flexibility index (Phi) is 6.21. The number of hydrogen-bond acceptors (Lipinski definition) is 3. The average molecular weight is 184 g/mol.